The average Bonchev–Trinajstić information content (AvgIpc) is 3.11. The largest absolute Gasteiger partial charge is 0.342 e. The molecule has 0 bridgehead atoms. The molecule has 156 valence electrons. The number of amides is 2. The molecule has 2 heterocycles. The maximum atomic E-state index is 12.6. The lowest BCUT2D eigenvalue weighted by Crippen LogP contribution is -2.33. The highest BCUT2D eigenvalue weighted by atomic mass is 32.2. The first-order chi connectivity index (χ1) is 14.5. The third-order valence-electron chi connectivity index (χ3n) is 4.41. The minimum Gasteiger partial charge on any atom is -0.342 e. The summed E-state index contributed by atoms with van der Waals surface area (Å²) in [7, 11) is 1.83. The highest BCUT2D eigenvalue weighted by molar-refractivity contribution is 7.99. The van der Waals surface area contributed by atoms with Gasteiger partial charge >= 0.3 is 0 Å². The lowest BCUT2D eigenvalue weighted by atomic mass is 10.0. The Morgan fingerprint density at radius 2 is 1.87 bits per heavy atom. The van der Waals surface area contributed by atoms with E-state index < -0.39 is 0 Å². The fourth-order valence-electron chi connectivity index (χ4n) is 2.83. The fraction of sp³-hybridized carbons (Fsp3) is 0.286. The number of rotatable bonds is 8. The third kappa shape index (κ3) is 5.44. The molecule has 1 unspecified atom stereocenters. The van der Waals surface area contributed by atoms with Gasteiger partial charge in [-0.05, 0) is 30.2 Å². The van der Waals surface area contributed by atoms with Crippen LogP contribution in [0.5, 0.6) is 0 Å². The Hall–Kier alpha value is -3.20. The summed E-state index contributed by atoms with van der Waals surface area (Å²) < 4.78 is 1.82. The molecule has 30 heavy (non-hydrogen) atoms. The number of nitrogens with one attached hydrogen (secondary N) is 2. The van der Waals surface area contributed by atoms with Crippen molar-refractivity contribution >= 4 is 29.3 Å². The van der Waals surface area contributed by atoms with Gasteiger partial charge in [-0.25, -0.2) is 0 Å². The Bertz CT molecular complexity index is 991. The van der Waals surface area contributed by atoms with E-state index in [0.29, 0.717) is 22.2 Å². The van der Waals surface area contributed by atoms with Crippen molar-refractivity contribution in [3.63, 3.8) is 0 Å². The molecule has 0 aliphatic rings. The zero-order chi connectivity index (χ0) is 21.5. The van der Waals surface area contributed by atoms with Crippen LogP contribution in [0.4, 0.5) is 5.69 Å². The van der Waals surface area contributed by atoms with E-state index in [9.17, 15) is 9.59 Å². The van der Waals surface area contributed by atoms with E-state index in [1.165, 1.54) is 11.8 Å². The molecule has 2 aromatic heterocycles. The first-order valence-electron chi connectivity index (χ1n) is 9.53. The number of pyridine rings is 1. The van der Waals surface area contributed by atoms with Crippen LogP contribution >= 0.6 is 11.8 Å². The summed E-state index contributed by atoms with van der Waals surface area (Å²) in [6, 6.07) is 12.3. The summed E-state index contributed by atoms with van der Waals surface area (Å²) >= 11 is 1.28. The van der Waals surface area contributed by atoms with Gasteiger partial charge in [0.15, 0.2) is 11.0 Å². The zero-order valence-corrected chi connectivity index (χ0v) is 17.9. The molecule has 1 aromatic carbocycles. The van der Waals surface area contributed by atoms with E-state index in [-0.39, 0.29) is 29.5 Å². The van der Waals surface area contributed by atoms with Crippen molar-refractivity contribution in [3.05, 3.63) is 66.2 Å². The molecule has 2 N–H and O–H groups in total. The van der Waals surface area contributed by atoms with Crippen LogP contribution in [0.15, 0.2) is 60.0 Å². The van der Waals surface area contributed by atoms with Gasteiger partial charge in [0, 0.05) is 18.8 Å². The van der Waals surface area contributed by atoms with Gasteiger partial charge in [0.05, 0.1) is 23.7 Å². The summed E-state index contributed by atoms with van der Waals surface area (Å²) in [5.41, 5.74) is 1.23. The van der Waals surface area contributed by atoms with E-state index in [0.717, 1.165) is 0 Å². The number of nitrogens with zero attached hydrogens (tertiary/aromatic N) is 4. The predicted molar refractivity (Wildman–Crippen MR) is 116 cm³/mol. The second-order valence-corrected chi connectivity index (χ2v) is 7.98. The molecular weight excluding hydrogens is 400 g/mol. The summed E-state index contributed by atoms with van der Waals surface area (Å²) in [6.07, 6.45) is 3.23. The molecule has 0 aliphatic heterocycles. The van der Waals surface area contributed by atoms with Crippen LogP contribution < -0.4 is 10.6 Å². The van der Waals surface area contributed by atoms with Gasteiger partial charge in [0.1, 0.15) is 0 Å². The highest BCUT2D eigenvalue weighted by Crippen LogP contribution is 2.24. The number of hydrogen-bond donors (Lipinski definition) is 2. The molecule has 0 aliphatic carbocycles. The van der Waals surface area contributed by atoms with Gasteiger partial charge in [-0.3, -0.25) is 14.6 Å². The second-order valence-electron chi connectivity index (χ2n) is 7.04. The Balaban J connectivity index is 1.66. The Morgan fingerprint density at radius 1 is 1.10 bits per heavy atom. The van der Waals surface area contributed by atoms with Crippen molar-refractivity contribution in [1.29, 1.82) is 0 Å². The van der Waals surface area contributed by atoms with E-state index >= 15 is 0 Å². The number of hydrogen-bond acceptors (Lipinski definition) is 6. The molecule has 0 fully saturated rings. The monoisotopic (exact) mass is 424 g/mol. The maximum absolute atomic E-state index is 12.6. The average molecular weight is 425 g/mol. The van der Waals surface area contributed by atoms with Crippen molar-refractivity contribution in [1.82, 2.24) is 25.1 Å². The van der Waals surface area contributed by atoms with Gasteiger partial charge < -0.3 is 15.2 Å². The van der Waals surface area contributed by atoms with Crippen molar-refractivity contribution in [2.24, 2.45) is 13.0 Å². The molecule has 0 saturated carbocycles. The van der Waals surface area contributed by atoms with Crippen LogP contribution in [0.25, 0.3) is 0 Å². The maximum Gasteiger partial charge on any atom is 0.251 e. The quantitative estimate of drug-likeness (QED) is 0.539. The van der Waals surface area contributed by atoms with Gasteiger partial charge in [0.25, 0.3) is 5.91 Å². The number of benzene rings is 1. The molecule has 0 spiro atoms. The molecule has 0 saturated heterocycles. The smallest absolute Gasteiger partial charge is 0.251 e. The third-order valence-corrected chi connectivity index (χ3v) is 5.43. The summed E-state index contributed by atoms with van der Waals surface area (Å²) in [5.74, 6) is 0.610. The van der Waals surface area contributed by atoms with E-state index in [2.05, 4.69) is 25.8 Å². The van der Waals surface area contributed by atoms with Gasteiger partial charge in [0.2, 0.25) is 5.91 Å². The lowest BCUT2D eigenvalue weighted by molar-refractivity contribution is -0.113. The number of thioether (sulfide) groups is 1. The first kappa shape index (κ1) is 21.5. The van der Waals surface area contributed by atoms with Crippen molar-refractivity contribution in [2.75, 3.05) is 11.1 Å². The normalized spacial score (nSPS) is 11.9. The molecular formula is C21H24N6O2S. The van der Waals surface area contributed by atoms with Crippen LogP contribution in [0.2, 0.25) is 0 Å². The standard InChI is InChI=1S/C21H24N6O2S/c1-14(2)18(24-20(29)15-8-5-4-6-9-15)19-25-26-21(27(19)3)30-13-17(28)23-16-10-7-11-22-12-16/h4-12,14,18H,13H2,1-3H3,(H,23,28)(H,24,29). The summed E-state index contributed by atoms with van der Waals surface area (Å²) in [5, 5.41) is 14.9. The minimum atomic E-state index is -0.311. The van der Waals surface area contributed by atoms with Crippen LogP contribution in [0, 0.1) is 5.92 Å². The number of anilines is 1. The van der Waals surface area contributed by atoms with E-state index in [1.807, 2.05) is 43.7 Å². The van der Waals surface area contributed by atoms with Crippen LogP contribution in [-0.4, -0.2) is 37.3 Å². The predicted octanol–water partition coefficient (Wildman–Crippen LogP) is 3.07. The molecule has 2 amide bonds. The molecule has 9 heteroatoms. The number of carbonyl (C=O) groups excluding carboxylic acids is 2. The second kappa shape index (κ2) is 10.0. The SMILES string of the molecule is CC(C)C(NC(=O)c1ccccc1)c1nnc(SCC(=O)Nc2cccnc2)n1C. The zero-order valence-electron chi connectivity index (χ0n) is 17.1. The lowest BCUT2D eigenvalue weighted by Gasteiger charge is -2.21. The van der Waals surface area contributed by atoms with Gasteiger partial charge in [-0.1, -0.05) is 43.8 Å². The first-order valence-corrected chi connectivity index (χ1v) is 10.5. The van der Waals surface area contributed by atoms with Crippen LogP contribution in [0.3, 0.4) is 0 Å². The van der Waals surface area contributed by atoms with Gasteiger partial charge in [-0.2, -0.15) is 0 Å². The van der Waals surface area contributed by atoms with Crippen LogP contribution in [0.1, 0.15) is 36.1 Å². The topological polar surface area (TPSA) is 102 Å². The molecule has 1 atom stereocenters. The summed E-state index contributed by atoms with van der Waals surface area (Å²) in [4.78, 5) is 28.8. The van der Waals surface area contributed by atoms with Crippen molar-refractivity contribution in [3.8, 4) is 0 Å². The van der Waals surface area contributed by atoms with Crippen LogP contribution in [-0.2, 0) is 11.8 Å². The Labute approximate surface area is 179 Å². The highest BCUT2D eigenvalue weighted by Gasteiger charge is 2.25. The molecule has 3 rings (SSSR count). The Morgan fingerprint density at radius 3 is 2.53 bits per heavy atom. The Kier molecular flexibility index (Phi) is 7.18. The van der Waals surface area contributed by atoms with Crippen molar-refractivity contribution in [2.45, 2.75) is 25.0 Å². The number of carbonyl (C=O) groups is 2. The molecule has 3 aromatic rings. The molecule has 0 radical (unpaired) electrons. The van der Waals surface area contributed by atoms with Crippen molar-refractivity contribution < 1.29 is 9.59 Å². The van der Waals surface area contributed by atoms with E-state index in [1.54, 1.807) is 36.7 Å². The van der Waals surface area contributed by atoms with E-state index in [4.69, 9.17) is 0 Å². The molecule has 8 nitrogen and oxygen atoms in total. The minimum absolute atomic E-state index is 0.104. The fourth-order valence-corrected chi connectivity index (χ4v) is 3.55. The summed E-state index contributed by atoms with van der Waals surface area (Å²) in [6.45, 7) is 4.03. The van der Waals surface area contributed by atoms with Gasteiger partial charge in [-0.15, -0.1) is 10.2 Å². The number of aromatic nitrogens is 4.